The third-order valence-electron chi connectivity index (χ3n) is 2.89. The van der Waals surface area contributed by atoms with Crippen molar-refractivity contribution in [3.63, 3.8) is 0 Å². The zero-order valence-electron chi connectivity index (χ0n) is 8.77. The molecule has 84 valence electrons. The fourth-order valence-electron chi connectivity index (χ4n) is 2.08. The summed E-state index contributed by atoms with van der Waals surface area (Å²) >= 11 is 3.47. The molecule has 1 aliphatic rings. The summed E-state index contributed by atoms with van der Waals surface area (Å²) in [7, 11) is 0. The Morgan fingerprint density at radius 2 is 2.38 bits per heavy atom. The number of hydrogen-bond donors (Lipinski definition) is 0. The van der Waals surface area contributed by atoms with Crippen molar-refractivity contribution in [2.45, 2.75) is 25.5 Å². The molecule has 0 radical (unpaired) electrons. The van der Waals surface area contributed by atoms with Gasteiger partial charge in [0.05, 0.1) is 11.7 Å². The van der Waals surface area contributed by atoms with Gasteiger partial charge in [-0.25, -0.2) is 4.68 Å². The van der Waals surface area contributed by atoms with Crippen molar-refractivity contribution in [1.29, 1.82) is 0 Å². The van der Waals surface area contributed by atoms with E-state index in [4.69, 9.17) is 4.74 Å². The Hall–Kier alpha value is -0.940. The number of hydrogen-bond acceptors (Lipinski definition) is 3. The zero-order chi connectivity index (χ0) is 11.0. The lowest BCUT2D eigenvalue weighted by Crippen LogP contribution is -2.19. The third-order valence-corrected chi connectivity index (χ3v) is 3.48. The van der Waals surface area contributed by atoms with E-state index in [9.17, 15) is 0 Å². The SMILES string of the molecule is Brc1nn(C2CCCCO2)c2cnccc12. The first kappa shape index (κ1) is 10.2. The van der Waals surface area contributed by atoms with Crippen LogP contribution in [-0.4, -0.2) is 21.4 Å². The van der Waals surface area contributed by atoms with Crippen LogP contribution in [-0.2, 0) is 4.74 Å². The third kappa shape index (κ3) is 1.64. The highest BCUT2D eigenvalue weighted by atomic mass is 79.9. The highest BCUT2D eigenvalue weighted by Crippen LogP contribution is 2.29. The van der Waals surface area contributed by atoms with Crippen molar-refractivity contribution >= 4 is 26.8 Å². The molecule has 0 bridgehead atoms. The Balaban J connectivity index is 2.08. The Bertz CT molecular complexity index is 505. The summed E-state index contributed by atoms with van der Waals surface area (Å²) in [6.07, 6.45) is 7.05. The summed E-state index contributed by atoms with van der Waals surface area (Å²) in [6.45, 7) is 0.823. The van der Waals surface area contributed by atoms with Crippen molar-refractivity contribution in [2.24, 2.45) is 0 Å². The average Bonchev–Trinajstić information content (AvgIpc) is 2.69. The molecular weight excluding hydrogens is 270 g/mol. The van der Waals surface area contributed by atoms with E-state index in [1.54, 1.807) is 6.20 Å². The van der Waals surface area contributed by atoms with Gasteiger partial charge in [-0.2, -0.15) is 5.10 Å². The second-order valence-corrected chi connectivity index (χ2v) is 4.70. The van der Waals surface area contributed by atoms with E-state index >= 15 is 0 Å². The standard InChI is InChI=1S/C11H12BrN3O/c12-11-8-4-5-13-7-9(8)15(14-11)10-3-1-2-6-16-10/h4-5,7,10H,1-3,6H2. The molecule has 0 aliphatic carbocycles. The molecule has 1 unspecified atom stereocenters. The minimum absolute atomic E-state index is 0.0618. The number of halogens is 1. The molecule has 1 aliphatic heterocycles. The molecule has 3 heterocycles. The zero-order valence-corrected chi connectivity index (χ0v) is 10.4. The number of aromatic nitrogens is 3. The lowest BCUT2D eigenvalue weighted by Gasteiger charge is -2.23. The summed E-state index contributed by atoms with van der Waals surface area (Å²) in [6, 6.07) is 1.96. The summed E-state index contributed by atoms with van der Waals surface area (Å²) in [5.41, 5.74) is 1.03. The van der Waals surface area contributed by atoms with Gasteiger partial charge < -0.3 is 4.74 Å². The summed E-state index contributed by atoms with van der Waals surface area (Å²) in [5.74, 6) is 0. The Morgan fingerprint density at radius 3 is 3.19 bits per heavy atom. The van der Waals surface area contributed by atoms with Crippen molar-refractivity contribution < 1.29 is 4.74 Å². The minimum Gasteiger partial charge on any atom is -0.356 e. The van der Waals surface area contributed by atoms with E-state index < -0.39 is 0 Å². The van der Waals surface area contributed by atoms with Gasteiger partial charge in [0.25, 0.3) is 0 Å². The van der Waals surface area contributed by atoms with E-state index in [2.05, 4.69) is 26.0 Å². The highest BCUT2D eigenvalue weighted by molar-refractivity contribution is 9.10. The fraction of sp³-hybridized carbons (Fsp3) is 0.455. The van der Waals surface area contributed by atoms with Crippen LogP contribution in [0.5, 0.6) is 0 Å². The van der Waals surface area contributed by atoms with Crippen LogP contribution < -0.4 is 0 Å². The Kier molecular flexibility index (Phi) is 2.65. The largest absolute Gasteiger partial charge is 0.356 e. The maximum Gasteiger partial charge on any atom is 0.150 e. The summed E-state index contributed by atoms with van der Waals surface area (Å²) < 4.78 is 8.53. The van der Waals surface area contributed by atoms with Gasteiger partial charge in [0, 0.05) is 18.2 Å². The quantitative estimate of drug-likeness (QED) is 0.807. The average molecular weight is 282 g/mol. The van der Waals surface area contributed by atoms with Crippen LogP contribution in [0.4, 0.5) is 0 Å². The molecule has 16 heavy (non-hydrogen) atoms. The molecule has 1 atom stereocenters. The van der Waals surface area contributed by atoms with Crippen LogP contribution >= 0.6 is 15.9 Å². The molecule has 1 saturated heterocycles. The van der Waals surface area contributed by atoms with Crippen LogP contribution in [0.25, 0.3) is 10.9 Å². The Morgan fingerprint density at radius 1 is 1.44 bits per heavy atom. The van der Waals surface area contributed by atoms with Gasteiger partial charge in [-0.05, 0) is 41.3 Å². The van der Waals surface area contributed by atoms with Gasteiger partial charge in [-0.15, -0.1) is 0 Å². The molecule has 0 saturated carbocycles. The van der Waals surface area contributed by atoms with Crippen molar-refractivity contribution in [2.75, 3.05) is 6.61 Å². The molecule has 0 aromatic carbocycles. The molecule has 4 nitrogen and oxygen atoms in total. The van der Waals surface area contributed by atoms with E-state index in [0.717, 1.165) is 35.0 Å². The Labute approximate surface area is 102 Å². The first-order valence-corrected chi connectivity index (χ1v) is 6.25. The molecule has 0 N–H and O–H groups in total. The van der Waals surface area contributed by atoms with Gasteiger partial charge in [0.1, 0.15) is 4.60 Å². The van der Waals surface area contributed by atoms with Gasteiger partial charge in [0.15, 0.2) is 6.23 Å². The number of pyridine rings is 1. The number of fused-ring (bicyclic) bond motifs is 1. The van der Waals surface area contributed by atoms with Crippen molar-refractivity contribution in [1.82, 2.24) is 14.8 Å². The van der Waals surface area contributed by atoms with Crippen LogP contribution in [0.2, 0.25) is 0 Å². The minimum atomic E-state index is 0.0618. The molecule has 0 spiro atoms. The van der Waals surface area contributed by atoms with Crippen LogP contribution in [0, 0.1) is 0 Å². The van der Waals surface area contributed by atoms with Gasteiger partial charge in [0.2, 0.25) is 0 Å². The van der Waals surface area contributed by atoms with Crippen LogP contribution in [0.3, 0.4) is 0 Å². The lowest BCUT2D eigenvalue weighted by molar-refractivity contribution is -0.0368. The number of ether oxygens (including phenoxy) is 1. The smallest absolute Gasteiger partial charge is 0.150 e. The van der Waals surface area contributed by atoms with E-state index in [1.807, 2.05) is 16.9 Å². The maximum atomic E-state index is 5.74. The van der Waals surface area contributed by atoms with Crippen LogP contribution in [0.1, 0.15) is 25.5 Å². The molecule has 2 aromatic heterocycles. The monoisotopic (exact) mass is 281 g/mol. The van der Waals surface area contributed by atoms with Crippen molar-refractivity contribution in [3.05, 3.63) is 23.1 Å². The topological polar surface area (TPSA) is 39.9 Å². The second-order valence-electron chi connectivity index (χ2n) is 3.95. The fourth-order valence-corrected chi connectivity index (χ4v) is 2.59. The lowest BCUT2D eigenvalue weighted by atomic mass is 10.2. The first-order valence-electron chi connectivity index (χ1n) is 5.45. The van der Waals surface area contributed by atoms with Crippen LogP contribution in [0.15, 0.2) is 23.1 Å². The van der Waals surface area contributed by atoms with E-state index in [0.29, 0.717) is 0 Å². The number of nitrogens with zero attached hydrogens (tertiary/aromatic N) is 3. The predicted octanol–water partition coefficient (Wildman–Crippen LogP) is 2.89. The highest BCUT2D eigenvalue weighted by Gasteiger charge is 2.20. The van der Waals surface area contributed by atoms with Crippen molar-refractivity contribution in [3.8, 4) is 0 Å². The van der Waals surface area contributed by atoms with Gasteiger partial charge in [-0.1, -0.05) is 0 Å². The molecule has 3 rings (SSSR count). The second kappa shape index (κ2) is 4.14. The molecular formula is C11H12BrN3O. The van der Waals surface area contributed by atoms with E-state index in [1.165, 1.54) is 6.42 Å². The summed E-state index contributed by atoms with van der Waals surface area (Å²) in [4.78, 5) is 4.14. The van der Waals surface area contributed by atoms with Gasteiger partial charge >= 0.3 is 0 Å². The molecule has 5 heteroatoms. The van der Waals surface area contributed by atoms with E-state index in [-0.39, 0.29) is 6.23 Å². The van der Waals surface area contributed by atoms with Gasteiger partial charge in [-0.3, -0.25) is 4.98 Å². The first-order chi connectivity index (χ1) is 7.86. The predicted molar refractivity (Wildman–Crippen MR) is 64.1 cm³/mol. The number of rotatable bonds is 1. The molecule has 2 aromatic rings. The summed E-state index contributed by atoms with van der Waals surface area (Å²) in [5, 5.41) is 5.57. The molecule has 0 amide bonds. The maximum absolute atomic E-state index is 5.74. The normalized spacial score (nSPS) is 21.4. The molecule has 1 fully saturated rings.